The van der Waals surface area contributed by atoms with Gasteiger partial charge in [0.1, 0.15) is 17.9 Å². The molecule has 25 heavy (non-hydrogen) atoms. The van der Waals surface area contributed by atoms with Gasteiger partial charge in [0.05, 0.1) is 6.20 Å². The topological polar surface area (TPSA) is 92.7 Å². The van der Waals surface area contributed by atoms with E-state index < -0.39 is 0 Å². The zero-order chi connectivity index (χ0) is 17.4. The highest BCUT2D eigenvalue weighted by molar-refractivity contribution is 6.06. The fourth-order valence-corrected chi connectivity index (χ4v) is 2.75. The molecule has 4 rings (SSSR count). The molecule has 0 fully saturated rings. The number of aromatic amines is 1. The van der Waals surface area contributed by atoms with Crippen molar-refractivity contribution in [1.29, 1.82) is 0 Å². The van der Waals surface area contributed by atoms with Gasteiger partial charge in [-0.3, -0.25) is 9.59 Å². The number of hydrogen-bond donors (Lipinski definition) is 2. The van der Waals surface area contributed by atoms with E-state index in [1.165, 1.54) is 0 Å². The first-order chi connectivity index (χ1) is 12.1. The molecule has 1 aromatic carbocycles. The van der Waals surface area contributed by atoms with Crippen molar-refractivity contribution in [2.24, 2.45) is 0 Å². The number of nitrogens with one attached hydrogen (secondary N) is 2. The Morgan fingerprint density at radius 3 is 2.80 bits per heavy atom. The molecule has 0 aliphatic rings. The summed E-state index contributed by atoms with van der Waals surface area (Å²) in [6.45, 7) is 1.73. The van der Waals surface area contributed by atoms with E-state index >= 15 is 0 Å². The van der Waals surface area contributed by atoms with Crippen molar-refractivity contribution in [3.8, 4) is 0 Å². The average molecular weight is 333 g/mol. The Morgan fingerprint density at radius 2 is 2.00 bits per heavy atom. The van der Waals surface area contributed by atoms with Crippen molar-refractivity contribution in [1.82, 2.24) is 19.7 Å². The highest BCUT2D eigenvalue weighted by Crippen LogP contribution is 2.21. The SMILES string of the molecule is Cc1ccc(NC(=O)Cn2ncc3c([nH]c4ccccc43)c2=O)nc1. The van der Waals surface area contributed by atoms with Crippen LogP contribution in [-0.2, 0) is 11.3 Å². The van der Waals surface area contributed by atoms with Crippen LogP contribution in [0.2, 0.25) is 0 Å². The molecule has 0 unspecified atom stereocenters. The molecule has 0 radical (unpaired) electrons. The number of carbonyl (C=O) groups is 1. The molecule has 4 aromatic rings. The van der Waals surface area contributed by atoms with Crippen molar-refractivity contribution in [3.63, 3.8) is 0 Å². The quantitative estimate of drug-likeness (QED) is 0.601. The second-order valence-corrected chi connectivity index (χ2v) is 5.84. The fraction of sp³-hybridized carbons (Fsp3) is 0.111. The van der Waals surface area contributed by atoms with Crippen LogP contribution >= 0.6 is 0 Å². The molecule has 3 aromatic heterocycles. The second kappa shape index (κ2) is 5.86. The number of H-pyrrole nitrogens is 1. The molecule has 7 heteroatoms. The third-order valence-corrected chi connectivity index (χ3v) is 3.99. The molecule has 0 saturated carbocycles. The minimum Gasteiger partial charge on any atom is -0.350 e. The zero-order valence-corrected chi connectivity index (χ0v) is 13.5. The van der Waals surface area contributed by atoms with Gasteiger partial charge < -0.3 is 10.3 Å². The Bertz CT molecular complexity index is 1140. The average Bonchev–Trinajstić information content (AvgIpc) is 2.99. The van der Waals surface area contributed by atoms with Gasteiger partial charge in [-0.2, -0.15) is 5.10 Å². The highest BCUT2D eigenvalue weighted by Gasteiger charge is 2.12. The number of pyridine rings is 1. The number of benzene rings is 1. The van der Waals surface area contributed by atoms with Crippen molar-refractivity contribution in [2.75, 3.05) is 5.32 Å². The molecule has 0 bridgehead atoms. The summed E-state index contributed by atoms with van der Waals surface area (Å²) in [6.07, 6.45) is 3.27. The molecule has 0 atom stereocenters. The van der Waals surface area contributed by atoms with E-state index in [1.807, 2.05) is 37.3 Å². The molecule has 0 spiro atoms. The summed E-state index contributed by atoms with van der Waals surface area (Å²) < 4.78 is 1.14. The number of carbonyl (C=O) groups excluding carboxylic acids is 1. The van der Waals surface area contributed by atoms with Crippen molar-refractivity contribution < 1.29 is 4.79 Å². The first kappa shape index (κ1) is 15.1. The largest absolute Gasteiger partial charge is 0.350 e. The number of nitrogens with zero attached hydrogens (tertiary/aromatic N) is 3. The van der Waals surface area contributed by atoms with Gasteiger partial charge in [-0.15, -0.1) is 0 Å². The van der Waals surface area contributed by atoms with Crippen molar-refractivity contribution >= 4 is 33.5 Å². The molecular formula is C18H15N5O2. The number of aromatic nitrogens is 4. The monoisotopic (exact) mass is 333 g/mol. The molecule has 7 nitrogen and oxygen atoms in total. The lowest BCUT2D eigenvalue weighted by molar-refractivity contribution is -0.117. The summed E-state index contributed by atoms with van der Waals surface area (Å²) in [5, 5.41) is 8.47. The van der Waals surface area contributed by atoms with Crippen LogP contribution in [0.15, 0.2) is 53.6 Å². The summed E-state index contributed by atoms with van der Waals surface area (Å²) in [5.41, 5.74) is 1.97. The molecule has 0 aliphatic carbocycles. The second-order valence-electron chi connectivity index (χ2n) is 5.84. The van der Waals surface area contributed by atoms with Gasteiger partial charge in [0.25, 0.3) is 5.56 Å². The van der Waals surface area contributed by atoms with Gasteiger partial charge in [0.2, 0.25) is 5.91 Å². The lowest BCUT2D eigenvalue weighted by Crippen LogP contribution is -2.29. The summed E-state index contributed by atoms with van der Waals surface area (Å²) >= 11 is 0. The molecule has 0 saturated heterocycles. The van der Waals surface area contributed by atoms with E-state index in [0.717, 1.165) is 26.5 Å². The van der Waals surface area contributed by atoms with Crippen LogP contribution in [0.1, 0.15) is 5.56 Å². The van der Waals surface area contributed by atoms with Crippen LogP contribution in [0.3, 0.4) is 0 Å². The van der Waals surface area contributed by atoms with Crippen LogP contribution in [0.4, 0.5) is 5.82 Å². The molecule has 1 amide bonds. The lowest BCUT2D eigenvalue weighted by Gasteiger charge is -2.06. The number of rotatable bonds is 3. The Hall–Kier alpha value is -3.48. The van der Waals surface area contributed by atoms with Crippen molar-refractivity contribution in [3.05, 3.63) is 64.7 Å². The summed E-state index contributed by atoms with van der Waals surface area (Å²) in [6, 6.07) is 11.2. The van der Waals surface area contributed by atoms with Gasteiger partial charge in [-0.1, -0.05) is 24.3 Å². The van der Waals surface area contributed by atoms with Gasteiger partial charge in [-0.25, -0.2) is 9.67 Å². The third-order valence-electron chi connectivity index (χ3n) is 3.99. The predicted octanol–water partition coefficient (Wildman–Crippen LogP) is 2.22. The normalized spacial score (nSPS) is 11.1. The van der Waals surface area contributed by atoms with E-state index in [-0.39, 0.29) is 18.0 Å². The van der Waals surface area contributed by atoms with Crippen LogP contribution in [0, 0.1) is 6.92 Å². The van der Waals surface area contributed by atoms with Gasteiger partial charge in [0.15, 0.2) is 0 Å². The molecule has 124 valence electrons. The van der Waals surface area contributed by atoms with E-state index in [9.17, 15) is 9.59 Å². The Labute approximate surface area is 142 Å². The predicted molar refractivity (Wildman–Crippen MR) is 95.5 cm³/mol. The maximum Gasteiger partial charge on any atom is 0.291 e. The van der Waals surface area contributed by atoms with Crippen LogP contribution in [0.25, 0.3) is 21.8 Å². The zero-order valence-electron chi connectivity index (χ0n) is 13.5. The van der Waals surface area contributed by atoms with Gasteiger partial charge in [0, 0.05) is 22.5 Å². The third kappa shape index (κ3) is 2.76. The van der Waals surface area contributed by atoms with E-state index in [1.54, 1.807) is 18.5 Å². The standard InChI is InChI=1S/C18H15N5O2/c1-11-6-7-15(19-8-11)22-16(24)10-23-18(25)17-13(9-20-23)12-4-2-3-5-14(12)21-17/h2-9,21H,10H2,1H3,(H,19,22,24). The van der Waals surface area contributed by atoms with Crippen LogP contribution < -0.4 is 10.9 Å². The molecular weight excluding hydrogens is 318 g/mol. The molecule has 2 N–H and O–H groups in total. The number of fused-ring (bicyclic) bond motifs is 3. The number of aryl methyl sites for hydroxylation is 1. The Kier molecular flexibility index (Phi) is 3.53. The first-order valence-electron chi connectivity index (χ1n) is 7.81. The molecule has 0 aliphatic heterocycles. The number of hydrogen-bond acceptors (Lipinski definition) is 4. The van der Waals surface area contributed by atoms with Crippen LogP contribution in [0.5, 0.6) is 0 Å². The molecule has 3 heterocycles. The summed E-state index contributed by atoms with van der Waals surface area (Å²) in [5.74, 6) is 0.0803. The maximum absolute atomic E-state index is 12.6. The van der Waals surface area contributed by atoms with Gasteiger partial charge >= 0.3 is 0 Å². The van der Waals surface area contributed by atoms with E-state index in [4.69, 9.17) is 0 Å². The van der Waals surface area contributed by atoms with Crippen molar-refractivity contribution in [2.45, 2.75) is 13.5 Å². The smallest absolute Gasteiger partial charge is 0.291 e. The Morgan fingerprint density at radius 1 is 1.16 bits per heavy atom. The van der Waals surface area contributed by atoms with Crippen LogP contribution in [-0.4, -0.2) is 25.7 Å². The van der Waals surface area contributed by atoms with Gasteiger partial charge in [-0.05, 0) is 24.6 Å². The fourth-order valence-electron chi connectivity index (χ4n) is 2.75. The minimum atomic E-state index is -0.360. The van der Waals surface area contributed by atoms with E-state index in [2.05, 4.69) is 20.4 Å². The van der Waals surface area contributed by atoms with E-state index in [0.29, 0.717) is 11.3 Å². The highest BCUT2D eigenvalue weighted by atomic mass is 16.2. The Balaban J connectivity index is 1.64. The number of anilines is 1. The maximum atomic E-state index is 12.6. The summed E-state index contributed by atoms with van der Waals surface area (Å²) in [7, 11) is 0. The minimum absolute atomic E-state index is 0.181. The number of amides is 1. The first-order valence-corrected chi connectivity index (χ1v) is 7.81. The summed E-state index contributed by atoms with van der Waals surface area (Å²) in [4.78, 5) is 32.0. The number of para-hydroxylation sites is 1. The lowest BCUT2D eigenvalue weighted by atomic mass is 10.2.